The zero-order valence-electron chi connectivity index (χ0n) is 24.8. The Labute approximate surface area is 254 Å². The van der Waals surface area contributed by atoms with Crippen molar-refractivity contribution in [2.24, 2.45) is 13.0 Å². The molecule has 1 aliphatic heterocycles. The number of nitrogens with one attached hydrogen (secondary N) is 1. The lowest BCUT2D eigenvalue weighted by Crippen LogP contribution is -2.43. The first kappa shape index (κ1) is 31.0. The molecule has 0 unspecified atom stereocenters. The number of aryl methyl sites for hydroxylation is 1. The van der Waals surface area contributed by atoms with Gasteiger partial charge in [-0.3, -0.25) is 14.5 Å². The number of amides is 2. The smallest absolute Gasteiger partial charge is 0.353 e. The highest BCUT2D eigenvalue weighted by atomic mass is 19.4. The molecule has 2 aliphatic rings. The molecule has 230 valence electrons. The first-order chi connectivity index (χ1) is 21.0. The van der Waals surface area contributed by atoms with E-state index in [2.05, 4.69) is 34.9 Å². The summed E-state index contributed by atoms with van der Waals surface area (Å²) in [5.74, 6) is 3.06. The summed E-state index contributed by atoms with van der Waals surface area (Å²) in [4.78, 5) is 28.4. The number of carbonyl (C=O) groups is 2. The molecule has 0 saturated heterocycles. The number of alkyl halides is 3. The first-order valence-electron chi connectivity index (χ1n) is 14.5. The molecule has 1 N–H and O–H groups in total. The molecule has 11 heteroatoms. The van der Waals surface area contributed by atoms with E-state index in [0.717, 1.165) is 30.3 Å². The number of terminal acetylenes is 1. The maximum Gasteiger partial charge on any atom is 0.416 e. The van der Waals surface area contributed by atoms with Crippen molar-refractivity contribution in [1.29, 1.82) is 0 Å². The van der Waals surface area contributed by atoms with Crippen LogP contribution in [0.1, 0.15) is 64.6 Å². The van der Waals surface area contributed by atoms with Crippen LogP contribution in [-0.2, 0) is 36.5 Å². The number of hydrogen-bond donors (Lipinski definition) is 1. The molecule has 0 radical (unpaired) electrons. The lowest BCUT2D eigenvalue weighted by Gasteiger charge is -2.46. The van der Waals surface area contributed by atoms with Gasteiger partial charge in [-0.05, 0) is 72.2 Å². The molecule has 5 rings (SSSR count). The van der Waals surface area contributed by atoms with Gasteiger partial charge in [0.2, 0.25) is 5.91 Å². The Kier molecular flexibility index (Phi) is 8.66. The summed E-state index contributed by atoms with van der Waals surface area (Å²) in [6.45, 7) is 6.53. The van der Waals surface area contributed by atoms with E-state index in [1.54, 1.807) is 18.5 Å². The van der Waals surface area contributed by atoms with Crippen LogP contribution in [0.3, 0.4) is 0 Å². The number of halogens is 3. The van der Waals surface area contributed by atoms with Crippen molar-refractivity contribution >= 4 is 17.5 Å². The average Bonchev–Trinajstić information content (AvgIpc) is 3.55. The number of anilines is 1. The van der Waals surface area contributed by atoms with Gasteiger partial charge in [0.1, 0.15) is 12.2 Å². The summed E-state index contributed by atoms with van der Waals surface area (Å²) < 4.78 is 45.1. The molecule has 1 aliphatic carbocycles. The third kappa shape index (κ3) is 5.99. The van der Waals surface area contributed by atoms with Gasteiger partial charge in [0.15, 0.2) is 0 Å². The molecule has 0 atom stereocenters. The summed E-state index contributed by atoms with van der Waals surface area (Å²) in [7, 11) is 1.90. The zero-order chi connectivity index (χ0) is 31.6. The average molecular weight is 605 g/mol. The second-order valence-electron chi connectivity index (χ2n) is 11.7. The molecule has 1 saturated carbocycles. The number of benzene rings is 2. The number of carbonyl (C=O) groups excluding carboxylic acids is 2. The number of hydrogen-bond acceptors (Lipinski definition) is 5. The second-order valence-corrected chi connectivity index (χ2v) is 11.7. The lowest BCUT2D eigenvalue weighted by atomic mass is 9.58. The fourth-order valence-electron chi connectivity index (χ4n) is 6.57. The van der Waals surface area contributed by atoms with Gasteiger partial charge in [0.25, 0.3) is 5.91 Å². The van der Waals surface area contributed by atoms with Gasteiger partial charge in [-0.1, -0.05) is 31.6 Å². The van der Waals surface area contributed by atoms with Gasteiger partial charge in [-0.2, -0.15) is 13.2 Å². The molecular weight excluding hydrogens is 569 g/mol. The molecule has 2 heterocycles. The molecule has 1 aromatic heterocycles. The highest BCUT2D eigenvalue weighted by Gasteiger charge is 2.48. The third-order valence-electron chi connectivity index (χ3n) is 8.51. The maximum atomic E-state index is 14.4. The minimum atomic E-state index is -4.65. The van der Waals surface area contributed by atoms with Crippen molar-refractivity contribution in [2.45, 2.75) is 50.9 Å². The van der Waals surface area contributed by atoms with Gasteiger partial charge < -0.3 is 14.8 Å². The van der Waals surface area contributed by atoms with Crippen LogP contribution in [0.25, 0.3) is 0 Å². The van der Waals surface area contributed by atoms with Gasteiger partial charge >= 0.3 is 6.18 Å². The fourth-order valence-corrected chi connectivity index (χ4v) is 6.57. The van der Waals surface area contributed by atoms with Crippen LogP contribution in [-0.4, -0.2) is 51.1 Å². The van der Waals surface area contributed by atoms with Crippen molar-refractivity contribution in [2.75, 3.05) is 24.5 Å². The predicted octanol–water partition coefficient (Wildman–Crippen LogP) is 4.84. The van der Waals surface area contributed by atoms with Crippen LogP contribution in [0.5, 0.6) is 0 Å². The largest absolute Gasteiger partial charge is 0.416 e. The van der Waals surface area contributed by atoms with E-state index in [-0.39, 0.29) is 42.1 Å². The number of aromatic nitrogens is 3. The summed E-state index contributed by atoms with van der Waals surface area (Å²) in [6.07, 6.45) is 5.95. The van der Waals surface area contributed by atoms with E-state index < -0.39 is 17.6 Å². The van der Waals surface area contributed by atoms with Crippen molar-refractivity contribution < 1.29 is 22.8 Å². The quantitative estimate of drug-likeness (QED) is 0.193. The number of nitrogens with zero attached hydrogens (tertiary/aromatic N) is 5. The molecule has 0 spiro atoms. The van der Waals surface area contributed by atoms with Crippen molar-refractivity contribution in [3.8, 4) is 12.3 Å². The lowest BCUT2D eigenvalue weighted by molar-refractivity contribution is -0.138. The van der Waals surface area contributed by atoms with Crippen LogP contribution >= 0.6 is 0 Å². The zero-order valence-corrected chi connectivity index (χ0v) is 24.8. The van der Waals surface area contributed by atoms with Crippen LogP contribution < -0.4 is 10.2 Å². The Morgan fingerprint density at radius 1 is 1.30 bits per heavy atom. The molecule has 2 aromatic carbocycles. The highest BCUT2D eigenvalue weighted by molar-refractivity contribution is 6.10. The minimum Gasteiger partial charge on any atom is -0.353 e. The Balaban J connectivity index is 1.43. The topological polar surface area (TPSA) is 83.4 Å². The second kappa shape index (κ2) is 12.3. The van der Waals surface area contributed by atoms with E-state index in [1.165, 1.54) is 11.0 Å². The predicted molar refractivity (Wildman–Crippen MR) is 161 cm³/mol. The van der Waals surface area contributed by atoms with Gasteiger partial charge in [0, 0.05) is 37.9 Å². The van der Waals surface area contributed by atoms with Crippen molar-refractivity contribution in [1.82, 2.24) is 25.0 Å². The third-order valence-corrected chi connectivity index (χ3v) is 8.51. The molecule has 1 fully saturated rings. The highest BCUT2D eigenvalue weighted by Crippen LogP contribution is 2.52. The molecule has 8 nitrogen and oxygen atoms in total. The van der Waals surface area contributed by atoms with Gasteiger partial charge in [0.05, 0.1) is 24.1 Å². The monoisotopic (exact) mass is 604 g/mol. The first-order valence-corrected chi connectivity index (χ1v) is 14.5. The fraction of sp³-hybridized carbons (Fsp3) is 0.394. The van der Waals surface area contributed by atoms with Crippen LogP contribution in [0, 0.1) is 18.3 Å². The summed E-state index contributed by atoms with van der Waals surface area (Å²) in [6, 6.07) is 10.2. The standard InChI is InChI=1S/C33H35F3N6O2/c1-5-12-41(13-8-11-37-29(43)6-2)19-23-14-26-27(28(15-23)33(34,35)36)20-42(30(26)44)25-10-7-9-24(16-25)32(17-22(3)18-32)31-39-38-21-40(31)4/h1,6-7,9-10,14-16,21-22H,2,8,11-13,17-20H2,3-4H3,(H,37,43). The van der Waals surface area contributed by atoms with Crippen LogP contribution in [0.2, 0.25) is 0 Å². The van der Waals surface area contributed by atoms with Crippen molar-refractivity contribution in [3.63, 3.8) is 0 Å². The SMILES string of the molecule is C#CCN(CCCNC(=O)C=C)Cc1cc2c(c(C(F)(F)F)c1)CN(c1cccc(C3(c4nncn4C)CC(C)C3)c1)C2=O. The number of fused-ring (bicyclic) bond motifs is 1. The Morgan fingerprint density at radius 2 is 2.07 bits per heavy atom. The van der Waals surface area contributed by atoms with E-state index in [0.29, 0.717) is 36.7 Å². The van der Waals surface area contributed by atoms with Gasteiger partial charge in [-0.25, -0.2) is 0 Å². The summed E-state index contributed by atoms with van der Waals surface area (Å²) in [5.41, 5.74) is 0.644. The Hall–Kier alpha value is -4.43. The Morgan fingerprint density at radius 3 is 2.70 bits per heavy atom. The Bertz CT molecular complexity index is 1620. The van der Waals surface area contributed by atoms with E-state index in [9.17, 15) is 22.8 Å². The minimum absolute atomic E-state index is 0.0347. The number of rotatable bonds is 11. The van der Waals surface area contributed by atoms with Gasteiger partial charge in [-0.15, -0.1) is 16.6 Å². The molecule has 44 heavy (non-hydrogen) atoms. The summed E-state index contributed by atoms with van der Waals surface area (Å²) >= 11 is 0. The molecule has 0 bridgehead atoms. The van der Waals surface area contributed by atoms with E-state index >= 15 is 0 Å². The van der Waals surface area contributed by atoms with Crippen LogP contribution in [0.4, 0.5) is 18.9 Å². The normalized spacial score (nSPS) is 19.4. The van der Waals surface area contributed by atoms with E-state index in [1.807, 2.05) is 34.7 Å². The van der Waals surface area contributed by atoms with E-state index in [4.69, 9.17) is 6.42 Å². The molecular formula is C33H35F3N6O2. The maximum absolute atomic E-state index is 14.4. The van der Waals surface area contributed by atoms with Crippen LogP contribution in [0.15, 0.2) is 55.4 Å². The molecule has 3 aromatic rings. The molecule has 2 amide bonds. The van der Waals surface area contributed by atoms with Crippen molar-refractivity contribution in [3.05, 3.63) is 89.0 Å². The summed E-state index contributed by atoms with van der Waals surface area (Å²) in [5, 5.41) is 11.1.